The minimum atomic E-state index is -3.67. The van der Waals surface area contributed by atoms with E-state index in [0.717, 1.165) is 5.56 Å². The van der Waals surface area contributed by atoms with E-state index in [9.17, 15) is 18.0 Å². The molecule has 0 bridgehead atoms. The average molecular weight is 518 g/mol. The van der Waals surface area contributed by atoms with Gasteiger partial charge in [0.1, 0.15) is 11.8 Å². The Hall–Kier alpha value is -2.95. The van der Waals surface area contributed by atoms with Gasteiger partial charge in [0.15, 0.2) is 0 Å². The fourth-order valence-corrected chi connectivity index (χ4v) is 5.80. The largest absolute Gasteiger partial charge is 0.497 e. The summed E-state index contributed by atoms with van der Waals surface area (Å²) in [4.78, 5) is 26.3. The number of ether oxygens (including phenoxy) is 2. The zero-order valence-electron chi connectivity index (χ0n) is 21.0. The molecule has 196 valence electrons. The molecule has 1 aliphatic rings. The standard InChI is InChI=1S/C26H35N3O6S/c1-19-7-4-5-8-23(19)25(30)28-24(26(31)27-15-6-18-34-2)20-13-16-29(17-14-20)36(32,33)22-11-9-21(35-3)10-12-22/h4-5,7-12,20,24H,6,13-18H2,1-3H3,(H,27,31)(H,28,30)/t24-/m0/s1. The fourth-order valence-electron chi connectivity index (χ4n) is 4.33. The number of rotatable bonds is 11. The molecule has 1 saturated heterocycles. The number of piperidine rings is 1. The second-order valence-electron chi connectivity index (χ2n) is 8.82. The minimum Gasteiger partial charge on any atom is -0.497 e. The number of amides is 2. The molecule has 0 spiro atoms. The number of aryl methyl sites for hydroxylation is 1. The maximum Gasteiger partial charge on any atom is 0.252 e. The molecule has 2 aromatic rings. The smallest absolute Gasteiger partial charge is 0.252 e. The molecule has 1 heterocycles. The van der Waals surface area contributed by atoms with Gasteiger partial charge >= 0.3 is 0 Å². The van der Waals surface area contributed by atoms with Gasteiger partial charge in [-0.15, -0.1) is 0 Å². The van der Waals surface area contributed by atoms with Gasteiger partial charge in [-0.2, -0.15) is 4.31 Å². The number of carbonyl (C=O) groups excluding carboxylic acids is 2. The first kappa shape index (κ1) is 27.6. The number of carbonyl (C=O) groups is 2. The summed E-state index contributed by atoms with van der Waals surface area (Å²) < 4.78 is 37.8. The molecule has 1 fully saturated rings. The van der Waals surface area contributed by atoms with Crippen LogP contribution in [0.25, 0.3) is 0 Å². The normalized spacial score (nSPS) is 15.8. The highest BCUT2D eigenvalue weighted by Gasteiger charge is 2.36. The predicted molar refractivity (Wildman–Crippen MR) is 136 cm³/mol. The minimum absolute atomic E-state index is 0.196. The van der Waals surface area contributed by atoms with Gasteiger partial charge in [-0.25, -0.2) is 8.42 Å². The van der Waals surface area contributed by atoms with Gasteiger partial charge in [-0.3, -0.25) is 9.59 Å². The molecule has 0 saturated carbocycles. The molecule has 9 nitrogen and oxygen atoms in total. The molecule has 10 heteroatoms. The van der Waals surface area contributed by atoms with Crippen LogP contribution in [0.15, 0.2) is 53.4 Å². The van der Waals surface area contributed by atoms with Crippen molar-refractivity contribution in [2.45, 2.75) is 37.1 Å². The number of sulfonamides is 1. The van der Waals surface area contributed by atoms with Gasteiger partial charge in [0.25, 0.3) is 5.91 Å². The van der Waals surface area contributed by atoms with Gasteiger partial charge < -0.3 is 20.1 Å². The molecule has 2 amide bonds. The Labute approximate surface area is 213 Å². The highest BCUT2D eigenvalue weighted by Crippen LogP contribution is 2.27. The van der Waals surface area contributed by atoms with Crippen molar-refractivity contribution in [3.8, 4) is 5.75 Å². The Balaban J connectivity index is 1.71. The number of hydrogen-bond acceptors (Lipinski definition) is 6. The second kappa shape index (κ2) is 12.8. The van der Waals surface area contributed by atoms with E-state index in [1.165, 1.54) is 23.5 Å². The van der Waals surface area contributed by atoms with Gasteiger partial charge in [0.05, 0.1) is 12.0 Å². The van der Waals surface area contributed by atoms with Crippen LogP contribution < -0.4 is 15.4 Å². The Morgan fingerprint density at radius 2 is 1.72 bits per heavy atom. The van der Waals surface area contributed by atoms with Gasteiger partial charge in [-0.05, 0) is 68.0 Å². The van der Waals surface area contributed by atoms with Crippen LogP contribution in [0.1, 0.15) is 35.2 Å². The van der Waals surface area contributed by atoms with E-state index in [-0.39, 0.29) is 35.7 Å². The summed E-state index contributed by atoms with van der Waals surface area (Å²) in [5, 5.41) is 5.81. The first-order valence-corrected chi connectivity index (χ1v) is 13.5. The van der Waals surface area contributed by atoms with Gasteiger partial charge in [0.2, 0.25) is 15.9 Å². The summed E-state index contributed by atoms with van der Waals surface area (Å²) in [6.07, 6.45) is 1.54. The summed E-state index contributed by atoms with van der Waals surface area (Å²) >= 11 is 0. The summed E-state index contributed by atoms with van der Waals surface area (Å²) in [5.41, 5.74) is 1.32. The number of nitrogens with one attached hydrogen (secondary N) is 2. The zero-order chi connectivity index (χ0) is 26.1. The molecule has 2 aromatic carbocycles. The lowest BCUT2D eigenvalue weighted by atomic mass is 9.89. The van der Waals surface area contributed by atoms with Crippen molar-refractivity contribution in [2.24, 2.45) is 5.92 Å². The van der Waals surface area contributed by atoms with E-state index < -0.39 is 16.1 Å². The van der Waals surface area contributed by atoms with Crippen LogP contribution in [0.2, 0.25) is 0 Å². The summed E-state index contributed by atoms with van der Waals surface area (Å²) in [6, 6.07) is 12.7. The summed E-state index contributed by atoms with van der Waals surface area (Å²) in [5.74, 6) is -0.220. The SMILES string of the molecule is COCCCNC(=O)[C@@H](NC(=O)c1ccccc1C)C1CCN(S(=O)(=O)c2ccc(OC)cc2)CC1. The van der Waals surface area contributed by atoms with Crippen LogP contribution in [0.4, 0.5) is 0 Å². The molecule has 36 heavy (non-hydrogen) atoms. The Morgan fingerprint density at radius 3 is 2.33 bits per heavy atom. The quantitative estimate of drug-likeness (QED) is 0.443. The van der Waals surface area contributed by atoms with Gasteiger partial charge in [0, 0.05) is 38.9 Å². The second-order valence-corrected chi connectivity index (χ2v) is 10.8. The molecule has 0 aliphatic carbocycles. The van der Waals surface area contributed by atoms with E-state index in [0.29, 0.717) is 43.7 Å². The first-order chi connectivity index (χ1) is 17.3. The number of hydrogen-bond donors (Lipinski definition) is 2. The lowest BCUT2D eigenvalue weighted by Gasteiger charge is -2.35. The lowest BCUT2D eigenvalue weighted by molar-refractivity contribution is -0.124. The third-order valence-electron chi connectivity index (χ3n) is 6.45. The molecule has 0 radical (unpaired) electrons. The highest BCUT2D eigenvalue weighted by molar-refractivity contribution is 7.89. The average Bonchev–Trinajstić information content (AvgIpc) is 2.90. The Morgan fingerprint density at radius 1 is 1.06 bits per heavy atom. The molecule has 0 aromatic heterocycles. The number of methoxy groups -OCH3 is 2. The molecular weight excluding hydrogens is 482 g/mol. The predicted octanol–water partition coefficient (Wildman–Crippen LogP) is 2.36. The van der Waals surface area contributed by atoms with Crippen molar-refractivity contribution in [3.63, 3.8) is 0 Å². The monoisotopic (exact) mass is 517 g/mol. The van der Waals surface area contributed by atoms with E-state index in [1.54, 1.807) is 31.4 Å². The molecule has 1 atom stereocenters. The fraction of sp³-hybridized carbons (Fsp3) is 0.462. The van der Waals surface area contributed by atoms with Gasteiger partial charge in [-0.1, -0.05) is 18.2 Å². The van der Waals surface area contributed by atoms with Crippen molar-refractivity contribution < 1.29 is 27.5 Å². The number of nitrogens with zero attached hydrogens (tertiary/aromatic N) is 1. The highest BCUT2D eigenvalue weighted by atomic mass is 32.2. The van der Waals surface area contributed by atoms with Crippen molar-refractivity contribution in [3.05, 3.63) is 59.7 Å². The lowest BCUT2D eigenvalue weighted by Crippen LogP contribution is -2.54. The molecule has 1 aliphatic heterocycles. The third-order valence-corrected chi connectivity index (χ3v) is 8.36. The van der Waals surface area contributed by atoms with Crippen LogP contribution in [0, 0.1) is 12.8 Å². The first-order valence-electron chi connectivity index (χ1n) is 12.0. The topological polar surface area (TPSA) is 114 Å². The molecule has 2 N–H and O–H groups in total. The van der Waals surface area contributed by atoms with Crippen LogP contribution in [-0.2, 0) is 19.6 Å². The maximum atomic E-state index is 13.1. The van der Waals surface area contributed by atoms with E-state index in [2.05, 4.69) is 10.6 Å². The molecule has 3 rings (SSSR count). The molecule has 0 unspecified atom stereocenters. The number of benzene rings is 2. The van der Waals surface area contributed by atoms with Crippen molar-refractivity contribution >= 4 is 21.8 Å². The summed E-state index contributed by atoms with van der Waals surface area (Å²) in [7, 11) is -0.550. The van der Waals surface area contributed by atoms with Crippen LogP contribution in [-0.4, -0.2) is 71.0 Å². The summed E-state index contributed by atoms with van der Waals surface area (Å²) in [6.45, 7) is 3.30. The van der Waals surface area contributed by atoms with E-state index in [1.807, 2.05) is 19.1 Å². The van der Waals surface area contributed by atoms with Crippen LogP contribution in [0.5, 0.6) is 5.75 Å². The van der Waals surface area contributed by atoms with Crippen molar-refractivity contribution in [2.75, 3.05) is 40.5 Å². The van der Waals surface area contributed by atoms with Crippen LogP contribution in [0.3, 0.4) is 0 Å². The third kappa shape index (κ3) is 6.83. The Bertz CT molecular complexity index is 1130. The van der Waals surface area contributed by atoms with E-state index in [4.69, 9.17) is 9.47 Å². The molecular formula is C26H35N3O6S. The zero-order valence-corrected chi connectivity index (χ0v) is 21.8. The van der Waals surface area contributed by atoms with Crippen molar-refractivity contribution in [1.82, 2.24) is 14.9 Å². The van der Waals surface area contributed by atoms with Crippen LogP contribution >= 0.6 is 0 Å². The maximum absolute atomic E-state index is 13.1. The Kier molecular flexibility index (Phi) is 9.86. The van der Waals surface area contributed by atoms with E-state index >= 15 is 0 Å². The van der Waals surface area contributed by atoms with Crippen molar-refractivity contribution in [1.29, 1.82) is 0 Å².